The van der Waals surface area contributed by atoms with Gasteiger partial charge in [-0.25, -0.2) is 8.78 Å². The highest BCUT2D eigenvalue weighted by molar-refractivity contribution is 6.31. The fraction of sp³-hybridized carbons (Fsp3) is 0.300. The van der Waals surface area contributed by atoms with Crippen LogP contribution < -0.4 is 5.32 Å². The van der Waals surface area contributed by atoms with E-state index in [4.69, 9.17) is 11.6 Å². The van der Waals surface area contributed by atoms with E-state index in [1.54, 1.807) is 18.2 Å². The molecule has 0 aromatic heterocycles. The second-order valence-electron chi connectivity index (χ2n) is 6.59. The molecule has 0 atom stereocenters. The number of hydrogen-bond acceptors (Lipinski definition) is 2. The SMILES string of the molecule is Cc1c(Cl)cccc1NC(=O)C1CCN(C(=O)c2ccc(F)cc2F)CC1. The minimum absolute atomic E-state index is 0.125. The number of piperidine rings is 1. The Kier molecular flexibility index (Phi) is 5.75. The number of benzene rings is 2. The van der Waals surface area contributed by atoms with Crippen LogP contribution in [0.15, 0.2) is 36.4 Å². The van der Waals surface area contributed by atoms with E-state index in [1.165, 1.54) is 4.90 Å². The maximum atomic E-state index is 13.8. The molecule has 0 unspecified atom stereocenters. The molecule has 1 fully saturated rings. The summed E-state index contributed by atoms with van der Waals surface area (Å²) in [6.07, 6.45) is 0.944. The van der Waals surface area contributed by atoms with Crippen LogP contribution in [0, 0.1) is 24.5 Å². The van der Waals surface area contributed by atoms with Crippen molar-refractivity contribution in [1.29, 1.82) is 0 Å². The van der Waals surface area contributed by atoms with Gasteiger partial charge >= 0.3 is 0 Å². The Morgan fingerprint density at radius 1 is 1.15 bits per heavy atom. The lowest BCUT2D eigenvalue weighted by Gasteiger charge is -2.31. The van der Waals surface area contributed by atoms with Crippen molar-refractivity contribution in [2.45, 2.75) is 19.8 Å². The van der Waals surface area contributed by atoms with Crippen molar-refractivity contribution in [2.75, 3.05) is 18.4 Å². The number of rotatable bonds is 3. The van der Waals surface area contributed by atoms with Crippen LogP contribution in [0.3, 0.4) is 0 Å². The molecule has 142 valence electrons. The summed E-state index contributed by atoms with van der Waals surface area (Å²) < 4.78 is 26.8. The van der Waals surface area contributed by atoms with Crippen LogP contribution in [0.5, 0.6) is 0 Å². The third-order valence-electron chi connectivity index (χ3n) is 4.84. The summed E-state index contributed by atoms with van der Waals surface area (Å²) >= 11 is 6.07. The van der Waals surface area contributed by atoms with E-state index in [0.717, 1.165) is 17.7 Å². The standard InChI is InChI=1S/C20H19ClF2N2O2/c1-12-16(21)3-2-4-18(12)24-19(26)13-7-9-25(10-8-13)20(27)15-6-5-14(22)11-17(15)23/h2-6,11,13H,7-10H2,1H3,(H,24,26). The summed E-state index contributed by atoms with van der Waals surface area (Å²) in [7, 11) is 0. The average molecular weight is 393 g/mol. The zero-order valence-corrected chi connectivity index (χ0v) is 15.5. The molecule has 2 aromatic carbocycles. The van der Waals surface area contributed by atoms with Crippen LogP contribution in [-0.4, -0.2) is 29.8 Å². The molecular weight excluding hydrogens is 374 g/mol. The molecule has 0 spiro atoms. The summed E-state index contributed by atoms with van der Waals surface area (Å²) in [6, 6.07) is 8.21. The Balaban J connectivity index is 1.60. The molecule has 2 aromatic rings. The van der Waals surface area contributed by atoms with Crippen molar-refractivity contribution in [1.82, 2.24) is 4.90 Å². The van der Waals surface area contributed by atoms with Gasteiger partial charge in [-0.3, -0.25) is 9.59 Å². The lowest BCUT2D eigenvalue weighted by molar-refractivity contribution is -0.121. The van der Waals surface area contributed by atoms with Crippen LogP contribution in [0.25, 0.3) is 0 Å². The molecule has 1 aliphatic heterocycles. The first kappa shape index (κ1) is 19.3. The third-order valence-corrected chi connectivity index (χ3v) is 5.25. The van der Waals surface area contributed by atoms with Crippen LogP contribution in [0.2, 0.25) is 5.02 Å². The summed E-state index contributed by atoms with van der Waals surface area (Å²) in [5.74, 6) is -2.46. The maximum Gasteiger partial charge on any atom is 0.256 e. The first-order valence-electron chi connectivity index (χ1n) is 8.67. The molecule has 1 heterocycles. The van der Waals surface area contributed by atoms with Gasteiger partial charge in [-0.1, -0.05) is 17.7 Å². The first-order valence-corrected chi connectivity index (χ1v) is 9.05. The molecule has 2 amide bonds. The van der Waals surface area contributed by atoms with Crippen molar-refractivity contribution >= 4 is 29.1 Å². The summed E-state index contributed by atoms with van der Waals surface area (Å²) in [6.45, 7) is 2.50. The van der Waals surface area contributed by atoms with E-state index in [-0.39, 0.29) is 17.4 Å². The topological polar surface area (TPSA) is 49.4 Å². The molecule has 4 nitrogen and oxygen atoms in total. The van der Waals surface area contributed by atoms with Gasteiger partial charge in [0, 0.05) is 35.8 Å². The monoisotopic (exact) mass is 392 g/mol. The Bertz CT molecular complexity index is 880. The molecule has 1 N–H and O–H groups in total. The predicted octanol–water partition coefficient (Wildman–Crippen LogP) is 4.42. The summed E-state index contributed by atoms with van der Waals surface area (Å²) in [5.41, 5.74) is 1.31. The van der Waals surface area contributed by atoms with Gasteiger partial charge in [-0.15, -0.1) is 0 Å². The van der Waals surface area contributed by atoms with Gasteiger partial charge in [0.1, 0.15) is 11.6 Å². The van der Waals surface area contributed by atoms with Crippen LogP contribution in [0.1, 0.15) is 28.8 Å². The van der Waals surface area contributed by atoms with Gasteiger partial charge in [0.15, 0.2) is 0 Å². The fourth-order valence-electron chi connectivity index (χ4n) is 3.16. The Morgan fingerprint density at radius 2 is 1.85 bits per heavy atom. The molecule has 0 saturated carbocycles. The highest BCUT2D eigenvalue weighted by Gasteiger charge is 2.29. The predicted molar refractivity (Wildman–Crippen MR) is 99.8 cm³/mol. The van der Waals surface area contributed by atoms with Crippen molar-refractivity contribution in [3.63, 3.8) is 0 Å². The number of nitrogens with one attached hydrogen (secondary N) is 1. The molecule has 0 bridgehead atoms. The van der Waals surface area contributed by atoms with E-state index in [1.807, 2.05) is 6.92 Å². The number of halogens is 3. The highest BCUT2D eigenvalue weighted by Crippen LogP contribution is 2.26. The second-order valence-corrected chi connectivity index (χ2v) is 7.00. The quantitative estimate of drug-likeness (QED) is 0.840. The van der Waals surface area contributed by atoms with Gasteiger partial charge in [-0.05, 0) is 49.6 Å². The van der Waals surface area contributed by atoms with E-state index in [0.29, 0.717) is 42.7 Å². The third kappa shape index (κ3) is 4.27. The number of nitrogens with zero attached hydrogens (tertiary/aromatic N) is 1. The lowest BCUT2D eigenvalue weighted by Crippen LogP contribution is -2.41. The summed E-state index contributed by atoms with van der Waals surface area (Å²) in [5, 5.41) is 3.46. The van der Waals surface area contributed by atoms with Gasteiger partial charge < -0.3 is 10.2 Å². The van der Waals surface area contributed by atoms with Crippen molar-refractivity contribution < 1.29 is 18.4 Å². The van der Waals surface area contributed by atoms with Crippen LogP contribution >= 0.6 is 11.6 Å². The zero-order chi connectivity index (χ0) is 19.6. The average Bonchev–Trinajstić information content (AvgIpc) is 2.65. The van der Waals surface area contributed by atoms with E-state index in [9.17, 15) is 18.4 Å². The number of carbonyl (C=O) groups is 2. The molecule has 0 radical (unpaired) electrons. The molecule has 27 heavy (non-hydrogen) atoms. The number of likely N-dealkylation sites (tertiary alicyclic amines) is 1. The maximum absolute atomic E-state index is 13.8. The normalized spacial score (nSPS) is 14.9. The lowest BCUT2D eigenvalue weighted by atomic mass is 9.95. The van der Waals surface area contributed by atoms with Gasteiger partial charge in [0.05, 0.1) is 5.56 Å². The van der Waals surface area contributed by atoms with E-state index < -0.39 is 17.5 Å². The van der Waals surface area contributed by atoms with E-state index >= 15 is 0 Å². The molecular formula is C20H19ClF2N2O2. The Morgan fingerprint density at radius 3 is 2.52 bits per heavy atom. The number of amides is 2. The number of carbonyl (C=O) groups excluding carboxylic acids is 2. The van der Waals surface area contributed by atoms with Crippen LogP contribution in [0.4, 0.5) is 14.5 Å². The largest absolute Gasteiger partial charge is 0.339 e. The zero-order valence-electron chi connectivity index (χ0n) is 14.8. The highest BCUT2D eigenvalue weighted by atomic mass is 35.5. The fourth-order valence-corrected chi connectivity index (χ4v) is 3.33. The van der Waals surface area contributed by atoms with Crippen molar-refractivity contribution in [2.24, 2.45) is 5.92 Å². The minimum atomic E-state index is -0.878. The Labute approximate surface area is 161 Å². The molecule has 1 aliphatic rings. The second kappa shape index (κ2) is 8.05. The molecule has 1 saturated heterocycles. The first-order chi connectivity index (χ1) is 12.9. The van der Waals surface area contributed by atoms with Crippen molar-refractivity contribution in [3.8, 4) is 0 Å². The number of hydrogen-bond donors (Lipinski definition) is 1. The smallest absolute Gasteiger partial charge is 0.256 e. The van der Waals surface area contributed by atoms with Crippen molar-refractivity contribution in [3.05, 3.63) is 64.2 Å². The van der Waals surface area contributed by atoms with Gasteiger partial charge in [0.2, 0.25) is 5.91 Å². The minimum Gasteiger partial charge on any atom is -0.339 e. The van der Waals surface area contributed by atoms with Gasteiger partial charge in [0.25, 0.3) is 5.91 Å². The molecule has 3 rings (SSSR count). The number of anilines is 1. The Hall–Kier alpha value is -2.47. The van der Waals surface area contributed by atoms with Gasteiger partial charge in [-0.2, -0.15) is 0 Å². The molecule has 0 aliphatic carbocycles. The molecule has 7 heteroatoms. The van der Waals surface area contributed by atoms with E-state index in [2.05, 4.69) is 5.32 Å². The summed E-state index contributed by atoms with van der Waals surface area (Å²) in [4.78, 5) is 26.4. The van der Waals surface area contributed by atoms with Crippen LogP contribution in [-0.2, 0) is 4.79 Å².